The standard InChI is InChI=1S/C60H63F2N8O12PS/c1-67(53(37-15-8-5-9-16-37)38-17-10-6-11-18-38)58(78)44(24-28-50(63)71)64-55(75)47-25-23-41-30-31-68(35-45(59(79)70(41)47)65-56(76)49-33-39-32-40(22-27-48(39)84-49)60(61,62)83(80,81)82)52(73)21-12-4-2-3-7-14-36-19-13-20-42-43(36)34-69(57(42)77)46-26-29-51(72)66-54(46)74/h5-6,8-11,13,15-20,22,27,32-33,41,44-47,53H,2-4,12,21,23-26,28-31,34-35H2,1H3,(H2,63,71)(H,64,75)(H,65,76)(H,66,72,74)(H2,80,81,82)/t41-,44+,45+,46?,47+/m1/s1. The van der Waals surface area contributed by atoms with Gasteiger partial charge in [-0.25, -0.2) is 0 Å². The van der Waals surface area contributed by atoms with Gasteiger partial charge in [-0.1, -0.05) is 91.1 Å². The molecule has 5 atom stereocenters. The van der Waals surface area contributed by atoms with Crippen LogP contribution in [-0.4, -0.2) is 133 Å². The molecule has 0 aliphatic carbocycles. The van der Waals surface area contributed by atoms with Crippen molar-refractivity contribution in [1.29, 1.82) is 0 Å². The third-order valence-electron chi connectivity index (χ3n) is 15.9. The number of nitrogens with zero attached hydrogens (tertiary/aromatic N) is 4. The molecule has 1 aromatic heterocycles. The molecular formula is C60H63F2N8O12PS. The highest BCUT2D eigenvalue weighted by Gasteiger charge is 2.51. The molecule has 5 aromatic rings. The molecule has 0 bridgehead atoms. The fourth-order valence-electron chi connectivity index (χ4n) is 11.5. The number of carbonyl (C=O) groups excluding carboxylic acids is 9. The van der Waals surface area contributed by atoms with Crippen molar-refractivity contribution in [3.8, 4) is 11.8 Å². The number of thiophene rings is 1. The lowest BCUT2D eigenvalue weighted by Gasteiger charge is -2.39. The van der Waals surface area contributed by atoms with Crippen molar-refractivity contribution in [3.05, 3.63) is 141 Å². The monoisotopic (exact) mass is 1190 g/mol. The molecule has 0 radical (unpaired) electrons. The number of carbonyl (C=O) groups is 9. The number of nitrogens with two attached hydrogens (primary N) is 1. The fourth-order valence-corrected chi connectivity index (χ4v) is 12.9. The second-order valence-corrected chi connectivity index (χ2v) is 24.2. The van der Waals surface area contributed by atoms with Crippen molar-refractivity contribution in [2.24, 2.45) is 5.73 Å². The van der Waals surface area contributed by atoms with Crippen molar-refractivity contribution in [2.45, 2.75) is 126 Å². The van der Waals surface area contributed by atoms with E-state index in [1.54, 1.807) is 25.2 Å². The third kappa shape index (κ3) is 13.3. The topological polar surface area (TPSA) is 286 Å². The predicted octanol–water partition coefficient (Wildman–Crippen LogP) is 5.58. The average Bonchev–Trinajstić information content (AvgIpc) is 2.65. The van der Waals surface area contributed by atoms with Gasteiger partial charge in [0.2, 0.25) is 41.4 Å². The van der Waals surface area contributed by atoms with Gasteiger partial charge in [-0.05, 0) is 97.4 Å². The Balaban J connectivity index is 0.896. The molecule has 9 amide bonds. The summed E-state index contributed by atoms with van der Waals surface area (Å²) in [7, 11) is -4.33. The normalized spacial score (nSPS) is 19.4. The lowest BCUT2D eigenvalue weighted by atomic mass is 9.96. The van der Waals surface area contributed by atoms with Gasteiger partial charge in [0, 0.05) is 79.8 Å². The number of fused-ring (bicyclic) bond motifs is 3. The average molecular weight is 1190 g/mol. The number of alkyl halides is 2. The second-order valence-electron chi connectivity index (χ2n) is 21.4. The van der Waals surface area contributed by atoms with Gasteiger partial charge < -0.3 is 45.8 Å². The molecule has 440 valence electrons. The van der Waals surface area contributed by atoms with E-state index in [4.69, 9.17) is 5.73 Å². The number of primary amides is 1. The summed E-state index contributed by atoms with van der Waals surface area (Å²) in [4.78, 5) is 147. The highest BCUT2D eigenvalue weighted by molar-refractivity contribution is 7.52. The lowest BCUT2D eigenvalue weighted by Crippen LogP contribution is -2.62. The number of nitrogens with one attached hydrogen (secondary N) is 3. The molecule has 0 saturated carbocycles. The van der Waals surface area contributed by atoms with E-state index in [2.05, 4.69) is 27.8 Å². The molecule has 3 fully saturated rings. The van der Waals surface area contributed by atoms with E-state index < -0.39 is 90.5 Å². The zero-order valence-corrected chi connectivity index (χ0v) is 47.6. The SMILES string of the molecule is CN(C(=O)[C@H](CCC(N)=O)NC(=O)[C@@H]1CC[C@@H]2CCN(C(=O)CCCCCC#Cc3cccc4c3CN(C3CCC(=O)NC3=O)C4=O)C[C@H](NC(=O)c3cc4cc(C(F)(F)P(=O)(O)O)ccc4s3)C(=O)N21)C(c1ccccc1)c1ccccc1. The molecule has 7 N–H and O–H groups in total. The van der Waals surface area contributed by atoms with E-state index in [-0.39, 0.29) is 92.6 Å². The Kier molecular flexibility index (Phi) is 18.5. The van der Waals surface area contributed by atoms with Gasteiger partial charge in [-0.15, -0.1) is 11.3 Å². The minimum absolute atomic E-state index is 0.0479. The van der Waals surface area contributed by atoms with Crippen LogP contribution in [-0.2, 0) is 50.3 Å². The van der Waals surface area contributed by atoms with Crippen molar-refractivity contribution in [2.75, 3.05) is 20.1 Å². The van der Waals surface area contributed by atoms with Crippen molar-refractivity contribution in [1.82, 2.24) is 35.6 Å². The Labute approximate surface area is 486 Å². The first-order valence-electron chi connectivity index (χ1n) is 27.7. The molecule has 9 rings (SSSR count). The second kappa shape index (κ2) is 25.8. The highest BCUT2D eigenvalue weighted by atomic mass is 32.1. The van der Waals surface area contributed by atoms with E-state index in [9.17, 15) is 61.5 Å². The summed E-state index contributed by atoms with van der Waals surface area (Å²) in [5.41, 5.74) is 3.45. The van der Waals surface area contributed by atoms with Crippen molar-refractivity contribution in [3.63, 3.8) is 0 Å². The number of piperidine rings is 1. The zero-order valence-electron chi connectivity index (χ0n) is 45.8. The fraction of sp³-hybridized carbons (Fsp3) is 0.383. The Morgan fingerprint density at radius 2 is 1.60 bits per heavy atom. The number of benzene rings is 4. The number of amides is 9. The number of imide groups is 1. The van der Waals surface area contributed by atoms with Crippen LogP contribution in [0.2, 0.25) is 0 Å². The van der Waals surface area contributed by atoms with Gasteiger partial charge in [0.25, 0.3) is 11.8 Å². The lowest BCUT2D eigenvalue weighted by molar-refractivity contribution is -0.146. The molecular weight excluding hydrogens is 1130 g/mol. The molecule has 20 nitrogen and oxygen atoms in total. The first kappa shape index (κ1) is 60.4. The minimum atomic E-state index is -5.92. The number of unbranched alkanes of at least 4 members (excludes halogenated alkanes) is 3. The van der Waals surface area contributed by atoms with Gasteiger partial charge in [-0.3, -0.25) is 53.0 Å². The summed E-state index contributed by atoms with van der Waals surface area (Å²) >= 11 is 0.872. The van der Waals surface area contributed by atoms with Crippen LogP contribution in [0.25, 0.3) is 10.1 Å². The number of likely N-dealkylation sites (N-methyl/N-ethyl adjacent to an activating group) is 1. The summed E-state index contributed by atoms with van der Waals surface area (Å²) < 4.78 is 41.5. The quantitative estimate of drug-likeness (QED) is 0.0256. The smallest absolute Gasteiger partial charge is 0.370 e. The number of halogens is 2. The Bertz CT molecular complexity index is 3480. The maximum absolute atomic E-state index is 15.1. The Morgan fingerprint density at radius 1 is 0.881 bits per heavy atom. The summed E-state index contributed by atoms with van der Waals surface area (Å²) in [6, 6.07) is 22.1. The van der Waals surface area contributed by atoms with Crippen LogP contribution in [0.1, 0.15) is 131 Å². The van der Waals surface area contributed by atoms with Gasteiger partial charge in [0.15, 0.2) is 0 Å². The van der Waals surface area contributed by atoms with Crippen LogP contribution in [0.15, 0.2) is 103 Å². The number of rotatable bonds is 19. The molecule has 84 heavy (non-hydrogen) atoms. The summed E-state index contributed by atoms with van der Waals surface area (Å²) in [5.74, 6) is 1.38. The zero-order chi connectivity index (χ0) is 60.0. The highest BCUT2D eigenvalue weighted by Crippen LogP contribution is 2.59. The van der Waals surface area contributed by atoms with E-state index in [1.165, 1.54) is 31.7 Å². The summed E-state index contributed by atoms with van der Waals surface area (Å²) in [6.45, 7) is 0.00109. The van der Waals surface area contributed by atoms with E-state index in [0.29, 0.717) is 53.5 Å². The van der Waals surface area contributed by atoms with Crippen LogP contribution in [0.4, 0.5) is 8.78 Å². The number of hydrogen-bond acceptors (Lipinski definition) is 11. The van der Waals surface area contributed by atoms with Gasteiger partial charge in [-0.2, -0.15) is 8.78 Å². The van der Waals surface area contributed by atoms with E-state index >= 15 is 4.79 Å². The Hall–Kier alpha value is -8.16. The van der Waals surface area contributed by atoms with E-state index in [1.807, 2.05) is 60.7 Å². The molecule has 1 unspecified atom stereocenters. The molecule has 24 heteroatoms. The van der Waals surface area contributed by atoms with Crippen LogP contribution < -0.4 is 21.7 Å². The minimum Gasteiger partial charge on any atom is -0.370 e. The maximum atomic E-state index is 15.1. The summed E-state index contributed by atoms with van der Waals surface area (Å²) in [6.07, 6.45) is 2.88. The van der Waals surface area contributed by atoms with E-state index in [0.717, 1.165) is 34.6 Å². The third-order valence-corrected chi connectivity index (χ3v) is 18.0. The molecule has 4 aromatic carbocycles. The molecule has 5 heterocycles. The van der Waals surface area contributed by atoms with Gasteiger partial charge in [0.05, 0.1) is 10.9 Å². The predicted molar refractivity (Wildman–Crippen MR) is 304 cm³/mol. The van der Waals surface area contributed by atoms with Gasteiger partial charge >= 0.3 is 13.3 Å². The van der Waals surface area contributed by atoms with Crippen LogP contribution in [0, 0.1) is 11.8 Å². The molecule has 3 saturated heterocycles. The Morgan fingerprint density at radius 3 is 2.27 bits per heavy atom. The first-order chi connectivity index (χ1) is 40.1. The number of hydrogen-bond donors (Lipinski definition) is 6. The molecule has 4 aliphatic rings. The molecule has 0 spiro atoms. The van der Waals surface area contributed by atoms with Crippen LogP contribution in [0.5, 0.6) is 0 Å². The summed E-state index contributed by atoms with van der Waals surface area (Å²) in [5, 5.41) is 7.95. The van der Waals surface area contributed by atoms with Crippen LogP contribution >= 0.6 is 18.9 Å². The molecule has 4 aliphatic heterocycles. The largest absolute Gasteiger partial charge is 0.399 e. The van der Waals surface area contributed by atoms with Gasteiger partial charge in [0.1, 0.15) is 24.2 Å². The van der Waals surface area contributed by atoms with Crippen molar-refractivity contribution >= 4 is 82.2 Å². The van der Waals surface area contributed by atoms with Crippen LogP contribution in [0.3, 0.4) is 0 Å². The van der Waals surface area contributed by atoms with Crippen molar-refractivity contribution < 1.29 is 66.3 Å². The maximum Gasteiger partial charge on any atom is 0.399 e. The first-order valence-corrected chi connectivity index (χ1v) is 30.1.